The molecule has 2 aliphatic rings. The number of rotatable bonds is 7. The van der Waals surface area contributed by atoms with Crippen molar-refractivity contribution in [1.82, 2.24) is 29.3 Å². The highest BCUT2D eigenvalue weighted by Crippen LogP contribution is 2.31. The van der Waals surface area contributed by atoms with Gasteiger partial charge in [0.2, 0.25) is 5.95 Å². The Kier molecular flexibility index (Phi) is 7.12. The van der Waals surface area contributed by atoms with Gasteiger partial charge in [0.15, 0.2) is 23.0 Å². The molecule has 0 amide bonds. The largest absolute Gasteiger partial charge is 0.616 e. The molecule has 6 heterocycles. The molecule has 220 valence electrons. The molecule has 7 rings (SSSR count). The quantitative estimate of drug-likeness (QED) is 0.282. The van der Waals surface area contributed by atoms with Crippen LogP contribution in [-0.4, -0.2) is 84.2 Å². The van der Waals surface area contributed by atoms with Gasteiger partial charge in [-0.2, -0.15) is 19.7 Å². The highest BCUT2D eigenvalue weighted by atomic mass is 32.2. The van der Waals surface area contributed by atoms with E-state index in [0.29, 0.717) is 79.9 Å². The van der Waals surface area contributed by atoms with Crippen molar-refractivity contribution in [3.63, 3.8) is 0 Å². The number of hydrogen-bond acceptors (Lipinski definition) is 9. The molecule has 2 fully saturated rings. The summed E-state index contributed by atoms with van der Waals surface area (Å²) in [6.45, 7) is 3.89. The fourth-order valence-electron chi connectivity index (χ4n) is 5.66. The molecule has 2 aliphatic heterocycles. The van der Waals surface area contributed by atoms with Crippen LogP contribution in [0.2, 0.25) is 0 Å². The average molecular weight is 597 g/mol. The highest BCUT2D eigenvalue weighted by molar-refractivity contribution is 7.91. The number of hydrogen-bond donors (Lipinski definition) is 1. The second-order valence-corrected chi connectivity index (χ2v) is 12.3. The third kappa shape index (κ3) is 5.14. The van der Waals surface area contributed by atoms with Crippen LogP contribution in [0, 0.1) is 11.6 Å². The maximum atomic E-state index is 14.8. The zero-order chi connectivity index (χ0) is 28.8. The number of nitrogens with zero attached hydrogens (tertiary/aromatic N) is 7. The highest BCUT2D eigenvalue weighted by Gasteiger charge is 2.26. The lowest BCUT2D eigenvalue weighted by Crippen LogP contribution is -2.47. The topological polar surface area (TPSA) is 126 Å². The number of anilines is 2. The van der Waals surface area contributed by atoms with Crippen LogP contribution in [0.3, 0.4) is 0 Å². The van der Waals surface area contributed by atoms with Gasteiger partial charge in [-0.1, -0.05) is 11.2 Å². The number of fused-ring (bicyclic) bond motifs is 3. The molecular formula is C28H30F2N8O3S. The Morgan fingerprint density at radius 2 is 1.88 bits per heavy atom. The van der Waals surface area contributed by atoms with E-state index in [9.17, 15) is 13.3 Å². The summed E-state index contributed by atoms with van der Waals surface area (Å²) in [6, 6.07) is 7.92. The van der Waals surface area contributed by atoms with Gasteiger partial charge in [0.25, 0.3) is 0 Å². The van der Waals surface area contributed by atoms with E-state index in [1.165, 1.54) is 6.07 Å². The molecule has 0 aliphatic carbocycles. The molecule has 14 heteroatoms. The predicted octanol–water partition coefficient (Wildman–Crippen LogP) is 3.31. The molecule has 0 atom stereocenters. The van der Waals surface area contributed by atoms with Gasteiger partial charge in [-0.25, -0.2) is 13.5 Å². The lowest BCUT2D eigenvalue weighted by molar-refractivity contribution is 0.181. The Morgan fingerprint density at radius 3 is 2.64 bits per heavy atom. The van der Waals surface area contributed by atoms with Gasteiger partial charge >= 0.3 is 0 Å². The third-order valence-electron chi connectivity index (χ3n) is 7.98. The van der Waals surface area contributed by atoms with Crippen molar-refractivity contribution in [1.29, 1.82) is 0 Å². The number of nitrogens with two attached hydrogens (primary N) is 1. The van der Waals surface area contributed by atoms with Gasteiger partial charge < -0.3 is 24.3 Å². The van der Waals surface area contributed by atoms with Gasteiger partial charge in [-0.15, -0.1) is 0 Å². The van der Waals surface area contributed by atoms with Crippen molar-refractivity contribution in [2.45, 2.75) is 25.5 Å². The van der Waals surface area contributed by atoms with Crippen LogP contribution < -0.4 is 15.4 Å². The van der Waals surface area contributed by atoms with Crippen molar-refractivity contribution in [3.8, 4) is 17.2 Å². The second kappa shape index (κ2) is 11.1. The molecule has 0 radical (unpaired) electrons. The van der Waals surface area contributed by atoms with Gasteiger partial charge in [-0.3, -0.25) is 4.90 Å². The zero-order valence-electron chi connectivity index (χ0n) is 22.8. The molecule has 0 unspecified atom stereocenters. The van der Waals surface area contributed by atoms with Crippen molar-refractivity contribution >= 4 is 39.4 Å². The van der Waals surface area contributed by atoms with E-state index in [0.717, 1.165) is 23.5 Å². The maximum Gasteiger partial charge on any atom is 0.223 e. The first-order valence-corrected chi connectivity index (χ1v) is 15.4. The van der Waals surface area contributed by atoms with Crippen LogP contribution in [0.5, 0.6) is 5.75 Å². The SMILES string of the molecule is Nc1nc2c(cnn2CCN2CCN(c3cc(O[C@H]4CC[S@@+]([O-])CC4)c(F)cc3F)CC2)c2cc(-c3ccco3)nn12. The van der Waals surface area contributed by atoms with Crippen LogP contribution in [-0.2, 0) is 17.7 Å². The standard InChI is InChI=1S/C28H30F2N8O3S/c29-20-14-21(30)26(41-18-3-12-42(39)13-4-18)16-24(20)36-8-5-35(6-9-36)7-10-37-27-19(17-32-37)23-15-22(25-2-1-11-40-25)34-38(23)28(31)33-27/h1-2,11,14-18H,3-10,12-13H2,(H2,31,33)/t18-,42+. The predicted molar refractivity (Wildman–Crippen MR) is 155 cm³/mol. The number of furan rings is 1. The van der Waals surface area contributed by atoms with Gasteiger partial charge in [0, 0.05) is 57.7 Å². The van der Waals surface area contributed by atoms with Gasteiger partial charge in [0.05, 0.1) is 35.6 Å². The number of piperazine rings is 1. The number of aromatic nitrogens is 5. The fraction of sp³-hybridized carbons (Fsp3) is 0.393. The minimum atomic E-state index is -0.838. The van der Waals surface area contributed by atoms with Crippen molar-refractivity contribution in [2.75, 3.05) is 54.9 Å². The third-order valence-corrected chi connectivity index (χ3v) is 9.36. The van der Waals surface area contributed by atoms with E-state index < -0.39 is 22.8 Å². The molecule has 0 bridgehead atoms. The first kappa shape index (κ1) is 27.0. The molecule has 42 heavy (non-hydrogen) atoms. The molecule has 4 aromatic heterocycles. The van der Waals surface area contributed by atoms with Crippen LogP contribution in [0.4, 0.5) is 20.4 Å². The van der Waals surface area contributed by atoms with Crippen molar-refractivity contribution in [2.24, 2.45) is 0 Å². The first-order chi connectivity index (χ1) is 20.4. The minimum Gasteiger partial charge on any atom is -0.616 e. The van der Waals surface area contributed by atoms with E-state index in [4.69, 9.17) is 14.9 Å². The summed E-state index contributed by atoms with van der Waals surface area (Å²) in [5.41, 5.74) is 8.71. The monoisotopic (exact) mass is 596 g/mol. The first-order valence-electron chi connectivity index (χ1n) is 14.0. The smallest absolute Gasteiger partial charge is 0.223 e. The van der Waals surface area contributed by atoms with E-state index in [1.807, 2.05) is 21.7 Å². The van der Waals surface area contributed by atoms with Crippen LogP contribution in [0.15, 0.2) is 47.2 Å². The van der Waals surface area contributed by atoms with E-state index in [1.54, 1.807) is 23.0 Å². The van der Waals surface area contributed by atoms with E-state index >= 15 is 0 Å². The zero-order valence-corrected chi connectivity index (χ0v) is 23.6. The van der Waals surface area contributed by atoms with Crippen LogP contribution in [0.25, 0.3) is 28.0 Å². The van der Waals surface area contributed by atoms with Gasteiger partial charge in [0.1, 0.15) is 29.1 Å². The number of benzene rings is 1. The number of nitrogen functional groups attached to an aromatic ring is 1. The molecule has 0 saturated carbocycles. The van der Waals surface area contributed by atoms with E-state index in [2.05, 4.69) is 20.1 Å². The summed E-state index contributed by atoms with van der Waals surface area (Å²) in [7, 11) is 0. The molecule has 11 nitrogen and oxygen atoms in total. The summed E-state index contributed by atoms with van der Waals surface area (Å²) in [4.78, 5) is 8.77. The summed E-state index contributed by atoms with van der Waals surface area (Å²) in [6.07, 6.45) is 4.36. The summed E-state index contributed by atoms with van der Waals surface area (Å²) < 4.78 is 55.8. The maximum absolute atomic E-state index is 14.8. The molecule has 2 N–H and O–H groups in total. The Morgan fingerprint density at radius 1 is 1.07 bits per heavy atom. The normalized spacial score (nSPS) is 20.1. The van der Waals surface area contributed by atoms with Crippen molar-refractivity contribution < 1.29 is 22.5 Å². The fourth-order valence-corrected chi connectivity index (χ4v) is 6.91. The lowest BCUT2D eigenvalue weighted by atomic mass is 10.2. The summed E-state index contributed by atoms with van der Waals surface area (Å²) >= 11 is -0.838. The molecule has 0 spiro atoms. The van der Waals surface area contributed by atoms with Gasteiger partial charge in [-0.05, 0) is 18.2 Å². The second-order valence-electron chi connectivity index (χ2n) is 10.6. The molecule has 1 aromatic carbocycles. The number of ether oxygens (including phenoxy) is 1. The van der Waals surface area contributed by atoms with Crippen LogP contribution in [0.1, 0.15) is 12.8 Å². The lowest BCUT2D eigenvalue weighted by Gasteiger charge is -2.36. The average Bonchev–Trinajstić information content (AvgIpc) is 3.75. The Balaban J connectivity index is 1.00. The molecule has 5 aromatic rings. The minimum absolute atomic E-state index is 0.0485. The summed E-state index contributed by atoms with van der Waals surface area (Å²) in [5.74, 6) is 0.715. The van der Waals surface area contributed by atoms with Crippen molar-refractivity contribution in [3.05, 3.63) is 54.4 Å². The number of halogens is 2. The molecule has 2 saturated heterocycles. The Bertz CT molecular complexity index is 1710. The molecular weight excluding hydrogens is 566 g/mol. The van der Waals surface area contributed by atoms with E-state index in [-0.39, 0.29) is 17.8 Å². The van der Waals surface area contributed by atoms with Crippen LogP contribution >= 0.6 is 0 Å². The Hall–Kier alpha value is -3.88. The summed E-state index contributed by atoms with van der Waals surface area (Å²) in [5, 5.41) is 9.94. The Labute approximate surface area is 243 Å².